The van der Waals surface area contributed by atoms with Gasteiger partial charge in [0, 0.05) is 5.02 Å². The highest BCUT2D eigenvalue weighted by Crippen LogP contribution is 2.26. The highest BCUT2D eigenvalue weighted by Gasteiger charge is 2.40. The number of carbonyl (C=O) groups is 1. The van der Waals surface area contributed by atoms with E-state index in [1.54, 1.807) is 48.5 Å². The maximum atomic E-state index is 12.5. The molecule has 0 spiro atoms. The molecule has 0 saturated heterocycles. The summed E-state index contributed by atoms with van der Waals surface area (Å²) in [5.41, 5.74) is 1.02. The molecule has 21 heavy (non-hydrogen) atoms. The first kappa shape index (κ1) is 15.4. The van der Waals surface area contributed by atoms with E-state index in [2.05, 4.69) is 0 Å². The first-order valence-electron chi connectivity index (χ1n) is 6.06. The van der Waals surface area contributed by atoms with Crippen LogP contribution in [0.3, 0.4) is 0 Å². The average Bonchev–Trinajstić information content (AvgIpc) is 2.44. The van der Waals surface area contributed by atoms with Gasteiger partial charge in [-0.15, -0.1) is 0 Å². The third-order valence-electron chi connectivity index (χ3n) is 2.85. The first-order valence-corrected chi connectivity index (χ1v) is 6.44. The average molecular weight is 314 g/mol. The van der Waals surface area contributed by atoms with E-state index < -0.39 is 18.1 Å². The van der Waals surface area contributed by atoms with Gasteiger partial charge in [0.05, 0.1) is 6.04 Å². The SMILES string of the molecule is O=C(N[C@@H](c1ccccc1)c1cccc(Cl)c1)C(F)(F)F. The Morgan fingerprint density at radius 3 is 2.19 bits per heavy atom. The molecule has 6 heteroatoms. The molecule has 0 radical (unpaired) electrons. The van der Waals surface area contributed by atoms with Crippen LogP contribution < -0.4 is 5.32 Å². The molecule has 0 fully saturated rings. The van der Waals surface area contributed by atoms with Crippen LogP contribution in [0, 0.1) is 0 Å². The highest BCUT2D eigenvalue weighted by atomic mass is 35.5. The summed E-state index contributed by atoms with van der Waals surface area (Å²) >= 11 is 5.87. The fraction of sp³-hybridized carbons (Fsp3) is 0.133. The fourth-order valence-electron chi connectivity index (χ4n) is 1.90. The predicted octanol–water partition coefficient (Wildman–Crippen LogP) is 4.11. The molecule has 2 rings (SSSR count). The molecule has 2 aromatic carbocycles. The summed E-state index contributed by atoms with van der Waals surface area (Å²) in [5, 5.41) is 2.38. The van der Waals surface area contributed by atoms with Gasteiger partial charge < -0.3 is 5.32 Å². The monoisotopic (exact) mass is 313 g/mol. The van der Waals surface area contributed by atoms with E-state index in [1.165, 1.54) is 6.07 Å². The van der Waals surface area contributed by atoms with E-state index in [0.29, 0.717) is 16.1 Å². The van der Waals surface area contributed by atoms with E-state index in [-0.39, 0.29) is 0 Å². The van der Waals surface area contributed by atoms with Crippen molar-refractivity contribution < 1.29 is 18.0 Å². The van der Waals surface area contributed by atoms with Crippen LogP contribution in [-0.2, 0) is 4.79 Å². The Bertz CT molecular complexity index is 628. The molecule has 0 aliphatic rings. The Labute approximate surface area is 124 Å². The molecule has 0 bridgehead atoms. The number of hydrogen-bond donors (Lipinski definition) is 1. The van der Waals surface area contributed by atoms with Crippen LogP contribution in [-0.4, -0.2) is 12.1 Å². The van der Waals surface area contributed by atoms with Gasteiger partial charge in [0.2, 0.25) is 0 Å². The van der Waals surface area contributed by atoms with Gasteiger partial charge in [-0.2, -0.15) is 13.2 Å². The molecule has 1 atom stereocenters. The van der Waals surface area contributed by atoms with Crippen molar-refractivity contribution in [2.45, 2.75) is 12.2 Å². The Balaban J connectivity index is 2.38. The maximum absolute atomic E-state index is 12.5. The van der Waals surface area contributed by atoms with E-state index in [0.717, 1.165) is 0 Å². The second-order valence-electron chi connectivity index (χ2n) is 4.37. The van der Waals surface area contributed by atoms with Crippen molar-refractivity contribution in [3.05, 3.63) is 70.7 Å². The number of halogens is 4. The molecule has 0 unspecified atom stereocenters. The second kappa shape index (κ2) is 6.18. The molecule has 0 aliphatic carbocycles. The summed E-state index contributed by atoms with van der Waals surface area (Å²) < 4.78 is 37.4. The number of nitrogens with one attached hydrogen (secondary N) is 1. The number of amides is 1. The molecule has 0 saturated carbocycles. The van der Waals surface area contributed by atoms with Crippen molar-refractivity contribution in [1.29, 1.82) is 0 Å². The van der Waals surface area contributed by atoms with Crippen molar-refractivity contribution in [1.82, 2.24) is 5.32 Å². The fourth-order valence-corrected chi connectivity index (χ4v) is 2.10. The van der Waals surface area contributed by atoms with Crippen LogP contribution >= 0.6 is 11.6 Å². The molecular weight excluding hydrogens is 303 g/mol. The van der Waals surface area contributed by atoms with Gasteiger partial charge in [-0.25, -0.2) is 0 Å². The van der Waals surface area contributed by atoms with Crippen molar-refractivity contribution in [3.63, 3.8) is 0 Å². The molecule has 0 aromatic heterocycles. The third kappa shape index (κ3) is 3.98. The van der Waals surface area contributed by atoms with Gasteiger partial charge in [0.15, 0.2) is 0 Å². The standard InChI is InChI=1S/C15H11ClF3NO/c16-12-8-4-7-11(9-12)13(10-5-2-1-3-6-10)20-14(21)15(17,18)19/h1-9,13H,(H,20,21)/t13-/m0/s1. The van der Waals surface area contributed by atoms with Gasteiger partial charge in [0.25, 0.3) is 0 Å². The van der Waals surface area contributed by atoms with Gasteiger partial charge in [-0.05, 0) is 23.3 Å². The molecule has 1 amide bonds. The Kier molecular flexibility index (Phi) is 4.53. The van der Waals surface area contributed by atoms with Gasteiger partial charge >= 0.3 is 12.1 Å². The smallest absolute Gasteiger partial charge is 0.337 e. The lowest BCUT2D eigenvalue weighted by Crippen LogP contribution is -2.39. The molecule has 1 N–H and O–H groups in total. The van der Waals surface area contributed by atoms with E-state index in [4.69, 9.17) is 11.6 Å². The van der Waals surface area contributed by atoms with E-state index in [9.17, 15) is 18.0 Å². The number of benzene rings is 2. The Morgan fingerprint density at radius 1 is 1.00 bits per heavy atom. The van der Waals surface area contributed by atoms with Crippen LogP contribution in [0.25, 0.3) is 0 Å². The summed E-state index contributed by atoms with van der Waals surface area (Å²) in [5.74, 6) is -1.99. The quantitative estimate of drug-likeness (QED) is 0.908. The zero-order valence-electron chi connectivity index (χ0n) is 10.7. The van der Waals surface area contributed by atoms with Crippen molar-refractivity contribution >= 4 is 17.5 Å². The van der Waals surface area contributed by atoms with Crippen molar-refractivity contribution in [2.24, 2.45) is 0 Å². The zero-order valence-corrected chi connectivity index (χ0v) is 11.4. The van der Waals surface area contributed by atoms with Gasteiger partial charge in [-0.1, -0.05) is 54.1 Å². The Hall–Kier alpha value is -2.01. The lowest BCUT2D eigenvalue weighted by Gasteiger charge is -2.20. The predicted molar refractivity (Wildman–Crippen MR) is 73.9 cm³/mol. The lowest BCUT2D eigenvalue weighted by molar-refractivity contribution is -0.174. The van der Waals surface area contributed by atoms with E-state index in [1.807, 2.05) is 5.32 Å². The number of carbonyl (C=O) groups excluding carboxylic acids is 1. The summed E-state index contributed by atoms with van der Waals surface area (Å²) in [4.78, 5) is 11.2. The van der Waals surface area contributed by atoms with Crippen molar-refractivity contribution in [2.75, 3.05) is 0 Å². The van der Waals surface area contributed by atoms with Crippen LogP contribution in [0.15, 0.2) is 54.6 Å². The van der Waals surface area contributed by atoms with Crippen LogP contribution in [0.2, 0.25) is 5.02 Å². The minimum Gasteiger partial charge on any atom is -0.337 e. The number of rotatable bonds is 3. The minimum absolute atomic E-state index is 0.384. The minimum atomic E-state index is -4.94. The third-order valence-corrected chi connectivity index (χ3v) is 3.08. The molecule has 0 heterocycles. The molecule has 2 nitrogen and oxygen atoms in total. The lowest BCUT2D eigenvalue weighted by atomic mass is 9.98. The normalized spacial score (nSPS) is 12.8. The summed E-state index contributed by atoms with van der Waals surface area (Å²) in [6, 6.07) is 13.8. The topological polar surface area (TPSA) is 29.1 Å². The molecule has 2 aromatic rings. The van der Waals surface area contributed by atoms with E-state index >= 15 is 0 Å². The van der Waals surface area contributed by atoms with Crippen LogP contribution in [0.5, 0.6) is 0 Å². The first-order chi connectivity index (χ1) is 9.88. The van der Waals surface area contributed by atoms with Crippen LogP contribution in [0.1, 0.15) is 17.2 Å². The van der Waals surface area contributed by atoms with Crippen LogP contribution in [0.4, 0.5) is 13.2 Å². The summed E-state index contributed by atoms with van der Waals surface area (Å²) in [6.45, 7) is 0. The summed E-state index contributed by atoms with van der Waals surface area (Å²) in [7, 11) is 0. The largest absolute Gasteiger partial charge is 0.471 e. The van der Waals surface area contributed by atoms with Gasteiger partial charge in [-0.3, -0.25) is 4.79 Å². The molecule has 0 aliphatic heterocycles. The van der Waals surface area contributed by atoms with Gasteiger partial charge in [0.1, 0.15) is 0 Å². The molecular formula is C15H11ClF3NO. The maximum Gasteiger partial charge on any atom is 0.471 e. The number of alkyl halides is 3. The zero-order chi connectivity index (χ0) is 15.5. The summed E-state index contributed by atoms with van der Waals surface area (Å²) in [6.07, 6.45) is -4.94. The highest BCUT2D eigenvalue weighted by molar-refractivity contribution is 6.30. The molecule has 110 valence electrons. The second-order valence-corrected chi connectivity index (χ2v) is 4.81. The Morgan fingerprint density at radius 2 is 1.62 bits per heavy atom. The number of hydrogen-bond acceptors (Lipinski definition) is 1. The van der Waals surface area contributed by atoms with Crippen molar-refractivity contribution in [3.8, 4) is 0 Å².